The van der Waals surface area contributed by atoms with E-state index in [9.17, 15) is 4.79 Å². The summed E-state index contributed by atoms with van der Waals surface area (Å²) in [5.74, 6) is 4.81. The van der Waals surface area contributed by atoms with E-state index in [-0.39, 0.29) is 5.78 Å². The molecule has 0 atom stereocenters. The van der Waals surface area contributed by atoms with Crippen molar-refractivity contribution in [1.82, 2.24) is 0 Å². The molecule has 0 aromatic rings. The average molecular weight is 223 g/mol. The van der Waals surface area contributed by atoms with E-state index in [0.717, 1.165) is 11.1 Å². The zero-order chi connectivity index (χ0) is 12.0. The Labute approximate surface area is 96.5 Å². The summed E-state index contributed by atoms with van der Waals surface area (Å²) >= 11 is 6.08. The summed E-state index contributed by atoms with van der Waals surface area (Å²) in [5, 5.41) is 0.428. The number of allylic oxidation sites excluding steroid dienone is 5. The third-order valence-electron chi connectivity index (χ3n) is 1.84. The first kappa shape index (κ1) is 13.7. The number of carbonyl (C=O) groups excluding carboxylic acids is 1. The fourth-order valence-electron chi connectivity index (χ4n) is 1.01. The lowest BCUT2D eigenvalue weighted by atomic mass is 10.0. The molecular formula is C13H15ClO. The van der Waals surface area contributed by atoms with Gasteiger partial charge in [-0.2, -0.15) is 0 Å². The second-order valence-corrected chi connectivity index (χ2v) is 3.66. The molecule has 0 radical (unpaired) electrons. The summed E-state index contributed by atoms with van der Waals surface area (Å²) in [6.45, 7) is 10.7. The van der Waals surface area contributed by atoms with Crippen LogP contribution in [0, 0.1) is 11.8 Å². The molecule has 80 valence electrons. The van der Waals surface area contributed by atoms with Gasteiger partial charge in [-0.1, -0.05) is 35.7 Å². The first-order valence-corrected chi connectivity index (χ1v) is 4.97. The van der Waals surface area contributed by atoms with Crippen LogP contribution in [0.2, 0.25) is 0 Å². The van der Waals surface area contributed by atoms with E-state index < -0.39 is 0 Å². The van der Waals surface area contributed by atoms with Crippen LogP contribution in [0.1, 0.15) is 27.7 Å². The van der Waals surface area contributed by atoms with Gasteiger partial charge in [-0.25, -0.2) is 0 Å². The maximum atomic E-state index is 11.7. The van der Waals surface area contributed by atoms with E-state index >= 15 is 0 Å². The maximum Gasteiger partial charge on any atom is 0.237 e. The molecule has 0 unspecified atom stereocenters. The molecule has 0 saturated heterocycles. The Hall–Kier alpha value is -1.26. The molecule has 0 N–H and O–H groups in total. The molecule has 0 aliphatic rings. The average Bonchev–Trinajstić information content (AvgIpc) is 2.16. The fourth-order valence-corrected chi connectivity index (χ4v) is 1.36. The van der Waals surface area contributed by atoms with Gasteiger partial charge in [0.15, 0.2) is 0 Å². The zero-order valence-electron chi connectivity index (χ0n) is 9.57. The van der Waals surface area contributed by atoms with Gasteiger partial charge in [-0.15, -0.1) is 0 Å². The molecule has 0 aliphatic heterocycles. The molecule has 1 nitrogen and oxygen atoms in total. The van der Waals surface area contributed by atoms with Crippen LogP contribution in [0.4, 0.5) is 0 Å². The molecular weight excluding hydrogens is 208 g/mol. The van der Waals surface area contributed by atoms with Crippen molar-refractivity contribution in [1.29, 1.82) is 0 Å². The van der Waals surface area contributed by atoms with Gasteiger partial charge in [0.25, 0.3) is 0 Å². The summed E-state index contributed by atoms with van der Waals surface area (Å²) in [6.07, 6.45) is 1.62. The Morgan fingerprint density at radius 2 is 1.87 bits per heavy atom. The maximum absolute atomic E-state index is 11.7. The number of ketones is 1. The molecule has 0 aromatic heterocycles. The van der Waals surface area contributed by atoms with Crippen molar-refractivity contribution in [3.8, 4) is 11.8 Å². The number of Topliss-reactive ketones (excluding diaryl/α,β-unsaturated/α-hetero) is 1. The molecule has 0 fully saturated rings. The van der Waals surface area contributed by atoms with Crippen LogP contribution in [0.3, 0.4) is 0 Å². The van der Waals surface area contributed by atoms with Crippen LogP contribution in [0.25, 0.3) is 0 Å². The van der Waals surface area contributed by atoms with Gasteiger partial charge in [-0.05, 0) is 39.2 Å². The molecule has 0 amide bonds. The number of halogens is 1. The van der Waals surface area contributed by atoms with E-state index in [1.165, 1.54) is 0 Å². The fraction of sp³-hybridized carbons (Fsp3) is 0.308. The van der Waals surface area contributed by atoms with Crippen LogP contribution in [-0.4, -0.2) is 5.78 Å². The Morgan fingerprint density at radius 1 is 1.33 bits per heavy atom. The van der Waals surface area contributed by atoms with Crippen molar-refractivity contribution in [2.75, 3.05) is 0 Å². The van der Waals surface area contributed by atoms with Gasteiger partial charge in [0, 0.05) is 5.57 Å². The largest absolute Gasteiger partial charge is 0.279 e. The second kappa shape index (κ2) is 6.27. The predicted octanol–water partition coefficient (Wildman–Crippen LogP) is 3.61. The lowest BCUT2D eigenvalue weighted by Crippen LogP contribution is -2.03. The molecule has 0 saturated carbocycles. The summed E-state index contributed by atoms with van der Waals surface area (Å²) < 4.78 is 0. The quantitative estimate of drug-likeness (QED) is 0.309. The summed E-state index contributed by atoms with van der Waals surface area (Å²) in [7, 11) is 0. The van der Waals surface area contributed by atoms with Crippen molar-refractivity contribution in [3.05, 3.63) is 34.4 Å². The molecule has 2 heteroatoms. The number of hydrogen-bond acceptors (Lipinski definition) is 1. The van der Waals surface area contributed by atoms with Crippen molar-refractivity contribution in [3.63, 3.8) is 0 Å². The topological polar surface area (TPSA) is 17.1 Å². The van der Waals surface area contributed by atoms with Crippen molar-refractivity contribution < 1.29 is 4.79 Å². The zero-order valence-corrected chi connectivity index (χ0v) is 10.3. The molecule has 0 aliphatic carbocycles. The van der Waals surface area contributed by atoms with Gasteiger partial charge in [-0.3, -0.25) is 4.79 Å². The van der Waals surface area contributed by atoms with Gasteiger partial charge >= 0.3 is 0 Å². The van der Waals surface area contributed by atoms with E-state index in [4.69, 9.17) is 11.6 Å². The van der Waals surface area contributed by atoms with Crippen LogP contribution >= 0.6 is 11.6 Å². The third-order valence-corrected chi connectivity index (χ3v) is 2.32. The minimum absolute atomic E-state index is 0.247. The lowest BCUT2D eigenvalue weighted by Gasteiger charge is -2.06. The highest BCUT2D eigenvalue weighted by atomic mass is 35.5. The second-order valence-electron chi connectivity index (χ2n) is 3.28. The standard InChI is InChI=1S/C13H15ClO/c1-6-8-11(15)12(9(3)4)13(14)10(5)7-2/h7H,2H2,1,3-5H3/b13-10+. The first-order valence-electron chi connectivity index (χ1n) is 4.59. The Bertz CT molecular complexity index is 396. The number of carbonyl (C=O) groups is 1. The SMILES string of the molecule is C=C/C(C)=C(/Cl)C(C(=O)C#CC)=C(C)C. The molecule has 0 aromatic carbocycles. The van der Waals surface area contributed by atoms with Gasteiger partial charge in [0.2, 0.25) is 5.78 Å². The van der Waals surface area contributed by atoms with Crippen LogP contribution in [0.15, 0.2) is 34.4 Å². The molecule has 0 bridgehead atoms. The predicted molar refractivity (Wildman–Crippen MR) is 65.6 cm³/mol. The van der Waals surface area contributed by atoms with Gasteiger partial charge in [0.05, 0.1) is 5.03 Å². The normalized spacial score (nSPS) is 10.7. The highest BCUT2D eigenvalue weighted by molar-refractivity contribution is 6.37. The smallest absolute Gasteiger partial charge is 0.237 e. The summed E-state index contributed by atoms with van der Waals surface area (Å²) in [4.78, 5) is 11.7. The van der Waals surface area contributed by atoms with E-state index in [2.05, 4.69) is 18.4 Å². The Morgan fingerprint density at radius 3 is 2.20 bits per heavy atom. The van der Waals surface area contributed by atoms with Crippen LogP contribution in [0.5, 0.6) is 0 Å². The summed E-state index contributed by atoms with van der Waals surface area (Å²) in [6, 6.07) is 0. The van der Waals surface area contributed by atoms with E-state index in [1.807, 2.05) is 20.8 Å². The van der Waals surface area contributed by atoms with Crippen molar-refractivity contribution in [2.24, 2.45) is 0 Å². The number of hydrogen-bond donors (Lipinski definition) is 0. The van der Waals surface area contributed by atoms with Crippen LogP contribution < -0.4 is 0 Å². The van der Waals surface area contributed by atoms with Gasteiger partial charge in [0.1, 0.15) is 0 Å². The highest BCUT2D eigenvalue weighted by Crippen LogP contribution is 2.23. The molecule has 0 rings (SSSR count). The lowest BCUT2D eigenvalue weighted by molar-refractivity contribution is -0.110. The minimum Gasteiger partial charge on any atom is -0.279 e. The molecule has 0 heterocycles. The molecule has 15 heavy (non-hydrogen) atoms. The number of rotatable bonds is 3. The Kier molecular flexibility index (Phi) is 5.74. The first-order chi connectivity index (χ1) is 6.95. The Balaban J connectivity index is 5.56. The van der Waals surface area contributed by atoms with E-state index in [1.54, 1.807) is 13.0 Å². The minimum atomic E-state index is -0.247. The van der Waals surface area contributed by atoms with Gasteiger partial charge < -0.3 is 0 Å². The monoisotopic (exact) mass is 222 g/mol. The third kappa shape index (κ3) is 3.77. The van der Waals surface area contributed by atoms with Crippen LogP contribution in [-0.2, 0) is 4.79 Å². The van der Waals surface area contributed by atoms with E-state index in [0.29, 0.717) is 10.6 Å². The summed E-state index contributed by atoms with van der Waals surface area (Å²) in [5.41, 5.74) is 2.11. The van der Waals surface area contributed by atoms with Crippen molar-refractivity contribution in [2.45, 2.75) is 27.7 Å². The molecule has 0 spiro atoms. The van der Waals surface area contributed by atoms with Crippen molar-refractivity contribution >= 4 is 17.4 Å². The highest BCUT2D eigenvalue weighted by Gasteiger charge is 2.13.